The number of amides is 2. The molecule has 0 unspecified atom stereocenters. The maximum atomic E-state index is 14.3. The van der Waals surface area contributed by atoms with Crippen molar-refractivity contribution in [3.63, 3.8) is 0 Å². The van der Waals surface area contributed by atoms with Crippen molar-refractivity contribution in [2.24, 2.45) is 5.41 Å². The van der Waals surface area contributed by atoms with E-state index in [1.165, 1.54) is 29.2 Å². The number of alkyl halides is 6. The van der Waals surface area contributed by atoms with Gasteiger partial charge in [-0.25, -0.2) is 4.79 Å². The van der Waals surface area contributed by atoms with Gasteiger partial charge in [0.25, 0.3) is 0 Å². The fourth-order valence-corrected chi connectivity index (χ4v) is 8.06. The number of carbonyl (C=O) groups excluding carboxylic acids is 2. The van der Waals surface area contributed by atoms with E-state index in [0.717, 1.165) is 29.8 Å². The Kier molecular flexibility index (Phi) is 12.5. The van der Waals surface area contributed by atoms with Gasteiger partial charge in [0.05, 0.1) is 23.8 Å². The number of allylic oxidation sites excluding steroid dienone is 2. The minimum absolute atomic E-state index is 0.0524. The molecule has 4 atom stereocenters. The standard InChI is InChI=1S/C42H48F6N2O5/c1-26(2)49-38(53)50(24-28-11-15-33(16-12-28)55-42(46,47)48)25-40(54)20-18-36-34-17-13-29(21-32(51)14-10-27(3)7-6-19-39(36,40)4)22-35(34)37(52)30-8-5-9-31(23-30)41(43,44)45/h5,7-9,11-13,15-17,22-23,26,32,36,51,54H,6,10,14,18-21,24-25H2,1-4H3,(H,49,53)/t32-,36-,39-,40+/m0/s1. The Labute approximate surface area is 317 Å². The molecule has 3 N–H and O–H groups in total. The molecule has 3 aromatic carbocycles. The first-order valence-corrected chi connectivity index (χ1v) is 18.5. The van der Waals surface area contributed by atoms with Crippen LogP contribution in [0.3, 0.4) is 0 Å². The molecular formula is C42H48F6N2O5. The molecule has 1 saturated carbocycles. The minimum Gasteiger partial charge on any atom is -0.406 e. The zero-order chi connectivity index (χ0) is 40.3. The Morgan fingerprint density at radius 3 is 2.35 bits per heavy atom. The molecule has 3 aromatic rings. The number of rotatable bonds is 8. The van der Waals surface area contributed by atoms with E-state index < -0.39 is 58.7 Å². The number of hydrogen-bond donors (Lipinski definition) is 3. The fraction of sp³-hybridized carbons (Fsp3) is 0.476. The van der Waals surface area contributed by atoms with E-state index in [9.17, 15) is 46.1 Å². The zero-order valence-electron chi connectivity index (χ0n) is 31.4. The number of fused-ring (bicyclic) bond motifs is 8. The van der Waals surface area contributed by atoms with Crippen LogP contribution in [0.2, 0.25) is 0 Å². The summed E-state index contributed by atoms with van der Waals surface area (Å²) in [4.78, 5) is 29.4. The predicted molar refractivity (Wildman–Crippen MR) is 195 cm³/mol. The second-order valence-corrected chi connectivity index (χ2v) is 15.5. The summed E-state index contributed by atoms with van der Waals surface area (Å²) in [6.45, 7) is 7.23. The van der Waals surface area contributed by atoms with Gasteiger partial charge in [-0.3, -0.25) is 4.79 Å². The summed E-state index contributed by atoms with van der Waals surface area (Å²) in [5.74, 6) is -1.51. The van der Waals surface area contributed by atoms with Crippen molar-refractivity contribution in [3.05, 3.63) is 112 Å². The molecule has 6 rings (SSSR count). The Morgan fingerprint density at radius 1 is 0.982 bits per heavy atom. The first-order chi connectivity index (χ1) is 25.7. The Hall–Kier alpha value is -4.36. The summed E-state index contributed by atoms with van der Waals surface area (Å²) in [6, 6.07) is 13.9. The summed E-state index contributed by atoms with van der Waals surface area (Å²) in [7, 11) is 0. The highest BCUT2D eigenvalue weighted by Crippen LogP contribution is 2.59. The molecule has 0 aliphatic heterocycles. The van der Waals surface area contributed by atoms with Crippen molar-refractivity contribution in [2.75, 3.05) is 6.54 Å². The monoisotopic (exact) mass is 774 g/mol. The number of aliphatic hydroxyl groups is 2. The molecule has 13 heteroatoms. The van der Waals surface area contributed by atoms with Gasteiger partial charge >= 0.3 is 18.6 Å². The van der Waals surface area contributed by atoms with Gasteiger partial charge in [-0.2, -0.15) is 13.2 Å². The second kappa shape index (κ2) is 16.4. The Bertz CT molecular complexity index is 1870. The molecule has 1 fully saturated rings. The van der Waals surface area contributed by atoms with Crippen molar-refractivity contribution in [2.45, 2.75) is 115 Å². The number of ether oxygens (including phenoxy) is 1. The minimum atomic E-state index is -4.87. The Morgan fingerprint density at radius 2 is 1.69 bits per heavy atom. The lowest BCUT2D eigenvalue weighted by molar-refractivity contribution is -0.274. The van der Waals surface area contributed by atoms with Crippen LogP contribution in [0, 0.1) is 5.41 Å². The molecule has 3 aliphatic rings. The topological polar surface area (TPSA) is 99.1 Å². The van der Waals surface area contributed by atoms with Crippen molar-refractivity contribution >= 4 is 11.8 Å². The van der Waals surface area contributed by atoms with Crippen LogP contribution in [-0.2, 0) is 19.1 Å². The number of nitrogens with one attached hydrogen (secondary N) is 1. The third-order valence-corrected chi connectivity index (χ3v) is 11.1. The number of benzene rings is 3. The molecule has 0 radical (unpaired) electrons. The number of urea groups is 1. The molecule has 3 aliphatic carbocycles. The maximum absolute atomic E-state index is 14.3. The molecule has 0 heterocycles. The summed E-state index contributed by atoms with van der Waals surface area (Å²) in [6.07, 6.45) is -5.40. The van der Waals surface area contributed by atoms with Crippen LogP contribution in [0.15, 0.2) is 78.4 Å². The normalized spacial score (nSPS) is 23.5. The predicted octanol–water partition coefficient (Wildman–Crippen LogP) is 9.49. The van der Waals surface area contributed by atoms with E-state index in [1.807, 2.05) is 19.9 Å². The van der Waals surface area contributed by atoms with E-state index in [2.05, 4.69) is 16.1 Å². The quantitative estimate of drug-likeness (QED) is 0.120. The maximum Gasteiger partial charge on any atom is 0.573 e. The van der Waals surface area contributed by atoms with Gasteiger partial charge in [0.1, 0.15) is 5.75 Å². The van der Waals surface area contributed by atoms with E-state index in [1.54, 1.807) is 26.0 Å². The first kappa shape index (κ1) is 41.8. The van der Waals surface area contributed by atoms with Gasteiger partial charge in [-0.15, -0.1) is 13.2 Å². The molecule has 2 bridgehead atoms. The third-order valence-electron chi connectivity index (χ3n) is 11.1. The highest BCUT2D eigenvalue weighted by Gasteiger charge is 2.57. The SMILES string of the molecule is CC1=CCC[C@@]2(C)[C@@H](CC[C@@]2(O)CN(Cc2ccc(OC(F)(F)F)cc2)C(=O)NC(C)C)c2ccc(cc2C(=O)c2cccc(C(F)(F)F)c2)C[C@@H](O)CC1. The van der Waals surface area contributed by atoms with Crippen molar-refractivity contribution < 1.29 is 50.9 Å². The first-order valence-electron chi connectivity index (χ1n) is 18.5. The van der Waals surface area contributed by atoms with Crippen molar-refractivity contribution in [1.29, 1.82) is 0 Å². The van der Waals surface area contributed by atoms with Crippen LogP contribution >= 0.6 is 0 Å². The zero-order valence-corrected chi connectivity index (χ0v) is 31.4. The van der Waals surface area contributed by atoms with E-state index >= 15 is 0 Å². The molecule has 0 spiro atoms. The number of ketones is 1. The highest BCUT2D eigenvalue weighted by atomic mass is 19.4. The van der Waals surface area contributed by atoms with Gasteiger partial charge in [0.15, 0.2) is 5.78 Å². The lowest BCUT2D eigenvalue weighted by Crippen LogP contribution is -2.55. The van der Waals surface area contributed by atoms with Crippen molar-refractivity contribution in [1.82, 2.24) is 10.2 Å². The third kappa shape index (κ3) is 10.1. The van der Waals surface area contributed by atoms with Crippen molar-refractivity contribution in [3.8, 4) is 5.75 Å². The average Bonchev–Trinajstić information content (AvgIpc) is 3.35. The number of halogens is 6. The summed E-state index contributed by atoms with van der Waals surface area (Å²) in [5, 5.41) is 26.6. The van der Waals surface area contributed by atoms with Crippen LogP contribution in [0.25, 0.3) is 0 Å². The van der Waals surface area contributed by atoms with E-state index in [0.29, 0.717) is 48.8 Å². The molecular weight excluding hydrogens is 726 g/mol. The molecule has 298 valence electrons. The van der Waals surface area contributed by atoms with Crippen LogP contribution in [0.1, 0.15) is 110 Å². The largest absolute Gasteiger partial charge is 0.573 e. The van der Waals surface area contributed by atoms with E-state index in [-0.39, 0.29) is 43.1 Å². The Balaban J connectivity index is 1.58. The van der Waals surface area contributed by atoms with Crippen LogP contribution in [0.5, 0.6) is 5.75 Å². The van der Waals surface area contributed by atoms with Gasteiger partial charge in [-0.1, -0.05) is 55.0 Å². The average molecular weight is 775 g/mol. The van der Waals surface area contributed by atoms with Gasteiger partial charge in [0.2, 0.25) is 0 Å². The molecule has 2 amide bonds. The van der Waals surface area contributed by atoms with Crippen LogP contribution in [0.4, 0.5) is 31.1 Å². The molecule has 0 aromatic heterocycles. The second-order valence-electron chi connectivity index (χ2n) is 15.5. The summed E-state index contributed by atoms with van der Waals surface area (Å²) >= 11 is 0. The lowest BCUT2D eigenvalue weighted by atomic mass is 9.64. The molecule has 7 nitrogen and oxygen atoms in total. The van der Waals surface area contributed by atoms with Gasteiger partial charge < -0.3 is 25.2 Å². The summed E-state index contributed by atoms with van der Waals surface area (Å²) in [5.41, 5.74) is -0.711. The smallest absolute Gasteiger partial charge is 0.406 e. The summed E-state index contributed by atoms with van der Waals surface area (Å²) < 4.78 is 83.7. The fourth-order valence-electron chi connectivity index (χ4n) is 8.06. The van der Waals surface area contributed by atoms with Crippen LogP contribution in [-0.4, -0.2) is 57.6 Å². The number of nitrogens with zero attached hydrogens (tertiary/aromatic N) is 1. The van der Waals surface area contributed by atoms with Gasteiger partial charge in [-0.05, 0) is 119 Å². The number of aliphatic hydroxyl groups excluding tert-OH is 1. The number of hydrogen-bond acceptors (Lipinski definition) is 5. The highest BCUT2D eigenvalue weighted by molar-refractivity contribution is 6.10. The van der Waals surface area contributed by atoms with Gasteiger partial charge in [0, 0.05) is 29.1 Å². The lowest BCUT2D eigenvalue weighted by Gasteiger charge is -2.46. The van der Waals surface area contributed by atoms with E-state index in [4.69, 9.17) is 0 Å². The van der Waals surface area contributed by atoms with Crippen LogP contribution < -0.4 is 10.1 Å². The number of carbonyl (C=O) groups is 2. The molecule has 0 saturated heterocycles. The molecule has 55 heavy (non-hydrogen) atoms.